The monoisotopic (exact) mass is 294 g/mol. The lowest BCUT2D eigenvalue weighted by atomic mass is 10.0. The Morgan fingerprint density at radius 1 is 1.15 bits per heavy atom. The number of carbonyl (C=O) groups excluding carboxylic acids is 1. The van der Waals surface area contributed by atoms with E-state index in [9.17, 15) is 13.2 Å². The Morgan fingerprint density at radius 2 is 1.75 bits per heavy atom. The van der Waals surface area contributed by atoms with E-state index in [0.717, 1.165) is 37.7 Å². The molecule has 110 valence electrons. The summed E-state index contributed by atoms with van der Waals surface area (Å²) in [5, 5.41) is -0.954. The maximum Gasteiger partial charge on any atom is 0.160 e. The Bertz CT molecular complexity index is 542. The normalized spacial score (nSPS) is 18.6. The zero-order chi connectivity index (χ0) is 14.6. The molecule has 0 amide bonds. The number of hydrogen-bond acceptors (Lipinski definition) is 3. The highest BCUT2D eigenvalue weighted by Gasteiger charge is 2.36. The third kappa shape index (κ3) is 3.48. The van der Waals surface area contributed by atoms with Crippen molar-refractivity contribution in [2.45, 2.75) is 55.9 Å². The van der Waals surface area contributed by atoms with Gasteiger partial charge in [0, 0.05) is 6.42 Å². The second-order valence-corrected chi connectivity index (χ2v) is 8.07. The molecule has 2 rings (SSSR count). The van der Waals surface area contributed by atoms with Crippen LogP contribution in [0.4, 0.5) is 0 Å². The lowest BCUT2D eigenvalue weighted by molar-refractivity contribution is -0.117. The van der Waals surface area contributed by atoms with Gasteiger partial charge in [-0.15, -0.1) is 0 Å². The highest BCUT2D eigenvalue weighted by atomic mass is 32.2. The number of carbonyl (C=O) groups is 1. The first-order chi connectivity index (χ1) is 9.51. The maximum absolute atomic E-state index is 12.9. The first-order valence-electron chi connectivity index (χ1n) is 7.29. The van der Waals surface area contributed by atoms with Crippen LogP contribution in [0.3, 0.4) is 0 Å². The fourth-order valence-corrected chi connectivity index (χ4v) is 5.44. The Hall–Kier alpha value is -1.16. The smallest absolute Gasteiger partial charge is 0.160 e. The van der Waals surface area contributed by atoms with Gasteiger partial charge < -0.3 is 0 Å². The summed E-state index contributed by atoms with van der Waals surface area (Å²) in [6.45, 7) is 1.46. The van der Waals surface area contributed by atoms with E-state index in [0.29, 0.717) is 0 Å². The first kappa shape index (κ1) is 15.2. The van der Waals surface area contributed by atoms with Crippen LogP contribution in [0, 0.1) is 0 Å². The zero-order valence-electron chi connectivity index (χ0n) is 11.9. The molecule has 0 bridgehead atoms. The van der Waals surface area contributed by atoms with E-state index in [-0.39, 0.29) is 17.5 Å². The lowest BCUT2D eigenvalue weighted by Gasteiger charge is -2.27. The van der Waals surface area contributed by atoms with Crippen LogP contribution >= 0.6 is 0 Å². The van der Waals surface area contributed by atoms with Gasteiger partial charge in [-0.25, -0.2) is 8.42 Å². The average Bonchev–Trinajstić information content (AvgIpc) is 2.46. The fourth-order valence-electron chi connectivity index (χ4n) is 2.98. The van der Waals surface area contributed by atoms with Crippen molar-refractivity contribution in [3.63, 3.8) is 0 Å². The first-order valence-corrected chi connectivity index (χ1v) is 8.90. The number of Topliss-reactive ketones (excluding diaryl/α,β-unsaturated/α-hetero) is 1. The van der Waals surface area contributed by atoms with Crippen LogP contribution in [0.5, 0.6) is 0 Å². The Kier molecular flexibility index (Phi) is 4.97. The second kappa shape index (κ2) is 6.53. The molecule has 4 heteroatoms. The van der Waals surface area contributed by atoms with Crippen LogP contribution in [-0.2, 0) is 14.6 Å². The van der Waals surface area contributed by atoms with Crippen LogP contribution in [0.1, 0.15) is 56.3 Å². The minimum Gasteiger partial charge on any atom is -0.300 e. The van der Waals surface area contributed by atoms with Crippen LogP contribution in [-0.4, -0.2) is 19.5 Å². The molecule has 0 spiro atoms. The summed E-state index contributed by atoms with van der Waals surface area (Å²) in [7, 11) is -3.29. The molecule has 1 saturated carbocycles. The van der Waals surface area contributed by atoms with Crippen LogP contribution in [0.25, 0.3) is 0 Å². The highest BCUT2D eigenvalue weighted by Crippen LogP contribution is 2.35. The molecule has 1 atom stereocenters. The molecule has 1 aliphatic carbocycles. The van der Waals surface area contributed by atoms with E-state index in [1.54, 1.807) is 0 Å². The molecule has 1 aliphatic rings. The topological polar surface area (TPSA) is 51.2 Å². The number of sulfone groups is 1. The Morgan fingerprint density at radius 3 is 2.30 bits per heavy atom. The summed E-state index contributed by atoms with van der Waals surface area (Å²) >= 11 is 0. The minimum absolute atomic E-state index is 0.0711. The SMILES string of the molecule is CC(=O)CC(c1ccccc1)S(=O)(=O)C1CCCCC1. The van der Waals surface area contributed by atoms with Crippen molar-refractivity contribution in [1.29, 1.82) is 0 Å². The molecule has 0 radical (unpaired) electrons. The molecule has 20 heavy (non-hydrogen) atoms. The molecule has 0 N–H and O–H groups in total. The molecular formula is C16H22O3S. The molecule has 1 aromatic rings. The third-order valence-corrected chi connectivity index (χ3v) is 6.69. The molecule has 0 aromatic heterocycles. The van der Waals surface area contributed by atoms with E-state index in [4.69, 9.17) is 0 Å². The van der Waals surface area contributed by atoms with Gasteiger partial charge in [0.25, 0.3) is 0 Å². The van der Waals surface area contributed by atoms with E-state index in [2.05, 4.69) is 0 Å². The van der Waals surface area contributed by atoms with Crippen molar-refractivity contribution >= 4 is 15.6 Å². The van der Waals surface area contributed by atoms with Gasteiger partial charge in [0.15, 0.2) is 9.84 Å². The van der Waals surface area contributed by atoms with E-state index >= 15 is 0 Å². The summed E-state index contributed by atoms with van der Waals surface area (Å²) in [4.78, 5) is 11.5. The van der Waals surface area contributed by atoms with Gasteiger partial charge in [-0.2, -0.15) is 0 Å². The summed E-state index contributed by atoms with van der Waals surface area (Å²) in [5.41, 5.74) is 0.744. The number of ketones is 1. The summed E-state index contributed by atoms with van der Waals surface area (Å²) in [5.74, 6) is -0.0711. The number of rotatable bonds is 5. The Balaban J connectivity index is 2.32. The standard InChI is InChI=1S/C16H22O3S/c1-13(17)12-16(14-8-4-2-5-9-14)20(18,19)15-10-6-3-7-11-15/h2,4-5,8-9,15-16H,3,6-7,10-12H2,1H3. The summed E-state index contributed by atoms with van der Waals surface area (Å²) < 4.78 is 25.7. The third-order valence-electron chi connectivity index (χ3n) is 4.06. The van der Waals surface area contributed by atoms with Gasteiger partial charge in [-0.1, -0.05) is 49.6 Å². The summed E-state index contributed by atoms with van der Waals surface area (Å²) in [6, 6.07) is 9.15. The molecule has 1 aromatic carbocycles. The zero-order valence-corrected chi connectivity index (χ0v) is 12.7. The molecule has 1 fully saturated rings. The van der Waals surface area contributed by atoms with Crippen molar-refractivity contribution in [3.05, 3.63) is 35.9 Å². The lowest BCUT2D eigenvalue weighted by Crippen LogP contribution is -2.30. The number of benzene rings is 1. The maximum atomic E-state index is 12.9. The van der Waals surface area contributed by atoms with Crippen molar-refractivity contribution in [2.75, 3.05) is 0 Å². The quantitative estimate of drug-likeness (QED) is 0.835. The fraction of sp³-hybridized carbons (Fsp3) is 0.562. The van der Waals surface area contributed by atoms with E-state index in [1.807, 2.05) is 30.3 Å². The van der Waals surface area contributed by atoms with Crippen molar-refractivity contribution in [1.82, 2.24) is 0 Å². The molecule has 0 aliphatic heterocycles. The molecule has 3 nitrogen and oxygen atoms in total. The number of hydrogen-bond donors (Lipinski definition) is 0. The van der Waals surface area contributed by atoms with E-state index in [1.165, 1.54) is 6.92 Å². The second-order valence-electron chi connectivity index (χ2n) is 5.65. The average molecular weight is 294 g/mol. The van der Waals surface area contributed by atoms with Crippen LogP contribution < -0.4 is 0 Å². The van der Waals surface area contributed by atoms with Gasteiger partial charge in [0.1, 0.15) is 5.78 Å². The summed E-state index contributed by atoms with van der Waals surface area (Å²) in [6.07, 6.45) is 4.64. The molecule has 1 unspecified atom stereocenters. The van der Waals surface area contributed by atoms with Gasteiger partial charge in [0.05, 0.1) is 10.5 Å². The largest absolute Gasteiger partial charge is 0.300 e. The Labute approximate surface area is 121 Å². The predicted molar refractivity (Wildman–Crippen MR) is 80.3 cm³/mol. The van der Waals surface area contributed by atoms with E-state index < -0.39 is 15.1 Å². The van der Waals surface area contributed by atoms with Crippen LogP contribution in [0.2, 0.25) is 0 Å². The molecule has 0 heterocycles. The predicted octanol–water partition coefficient (Wildman–Crippen LogP) is 3.45. The van der Waals surface area contributed by atoms with Crippen molar-refractivity contribution in [2.24, 2.45) is 0 Å². The van der Waals surface area contributed by atoms with Crippen molar-refractivity contribution < 1.29 is 13.2 Å². The van der Waals surface area contributed by atoms with Gasteiger partial charge >= 0.3 is 0 Å². The van der Waals surface area contributed by atoms with Gasteiger partial charge in [-0.3, -0.25) is 4.79 Å². The minimum atomic E-state index is -3.29. The van der Waals surface area contributed by atoms with Gasteiger partial charge in [-0.05, 0) is 25.3 Å². The van der Waals surface area contributed by atoms with Crippen LogP contribution in [0.15, 0.2) is 30.3 Å². The highest BCUT2D eigenvalue weighted by molar-refractivity contribution is 7.92. The molecule has 0 saturated heterocycles. The van der Waals surface area contributed by atoms with Gasteiger partial charge in [0.2, 0.25) is 0 Å². The molecular weight excluding hydrogens is 272 g/mol. The van der Waals surface area contributed by atoms with Crippen molar-refractivity contribution in [3.8, 4) is 0 Å².